The van der Waals surface area contributed by atoms with E-state index in [1.165, 1.54) is 5.57 Å². The van der Waals surface area contributed by atoms with E-state index >= 15 is 0 Å². The molecule has 0 amide bonds. The predicted molar refractivity (Wildman–Crippen MR) is 65.4 cm³/mol. The van der Waals surface area contributed by atoms with E-state index in [4.69, 9.17) is 0 Å². The molecule has 0 aliphatic rings. The highest BCUT2D eigenvalue weighted by Crippen LogP contribution is 2.03. The summed E-state index contributed by atoms with van der Waals surface area (Å²) in [6.45, 7) is 17.6. The number of hydrogen-bond acceptors (Lipinski definition) is 1. The molecule has 13 heavy (non-hydrogen) atoms. The molecule has 0 unspecified atom stereocenters. The molecular formula is C12H25N. The van der Waals surface area contributed by atoms with Gasteiger partial charge in [-0.15, -0.1) is 0 Å². The smallest absolute Gasteiger partial charge is 0.0606 e. The van der Waals surface area contributed by atoms with Crippen molar-refractivity contribution in [3.05, 3.63) is 23.9 Å². The summed E-state index contributed by atoms with van der Waals surface area (Å²) in [5, 5.41) is 0. The summed E-state index contributed by atoms with van der Waals surface area (Å²) in [7, 11) is 0. The highest BCUT2D eigenvalue weighted by atomic mass is 14.7. The zero-order valence-corrected chi connectivity index (χ0v) is 10.3. The third kappa shape index (κ3) is 14.1. The molecule has 0 heterocycles. The topological polar surface area (TPSA) is 12.4 Å². The van der Waals surface area contributed by atoms with Crippen molar-refractivity contribution in [2.45, 2.75) is 48.5 Å². The average molecular weight is 183 g/mol. The van der Waals surface area contributed by atoms with Crippen LogP contribution in [0.15, 0.2) is 28.9 Å². The Hall–Kier alpha value is -0.850. The fourth-order valence-electron chi connectivity index (χ4n) is 0.525. The van der Waals surface area contributed by atoms with Crippen LogP contribution in [0.2, 0.25) is 0 Å². The van der Waals surface area contributed by atoms with E-state index in [-0.39, 0.29) is 0 Å². The molecule has 0 aliphatic carbocycles. The van der Waals surface area contributed by atoms with Gasteiger partial charge in [-0.1, -0.05) is 39.8 Å². The van der Waals surface area contributed by atoms with Crippen LogP contribution >= 0.6 is 0 Å². The maximum atomic E-state index is 4.08. The summed E-state index contributed by atoms with van der Waals surface area (Å²) in [5.41, 5.74) is 2.17. The minimum atomic E-state index is 0.970. The molecule has 0 saturated carbocycles. The quantitative estimate of drug-likeness (QED) is 0.438. The van der Waals surface area contributed by atoms with Crippen molar-refractivity contribution in [2.75, 3.05) is 0 Å². The van der Waals surface area contributed by atoms with E-state index in [9.17, 15) is 0 Å². The lowest BCUT2D eigenvalue weighted by molar-refractivity contribution is 1.26. The Labute approximate surface area is 84.3 Å². The van der Waals surface area contributed by atoms with Crippen LogP contribution in [-0.4, -0.2) is 6.21 Å². The van der Waals surface area contributed by atoms with E-state index in [2.05, 4.69) is 11.6 Å². The molecule has 0 bridgehead atoms. The van der Waals surface area contributed by atoms with Gasteiger partial charge in [-0.25, -0.2) is 0 Å². The number of rotatable bonds is 2. The second-order valence-electron chi connectivity index (χ2n) is 1.98. The summed E-state index contributed by atoms with van der Waals surface area (Å²) >= 11 is 0. The van der Waals surface area contributed by atoms with Gasteiger partial charge in [0.1, 0.15) is 0 Å². The van der Waals surface area contributed by atoms with Crippen LogP contribution in [-0.2, 0) is 0 Å². The molecule has 0 aliphatic heterocycles. The molecule has 0 fully saturated rings. The molecule has 1 heteroatoms. The summed E-state index contributed by atoms with van der Waals surface area (Å²) in [6.07, 6.45) is 3.53. The molecule has 0 aromatic carbocycles. The standard InChI is InChI=1S/C8H13N.2C2H6/c1-5-8(7(3)4)9-6-2;2*1-2/h5-6H,1H2,2-4H3;2*1-2H3. The second kappa shape index (κ2) is 17.3. The molecular weight excluding hydrogens is 158 g/mol. The van der Waals surface area contributed by atoms with Crippen molar-refractivity contribution in [1.29, 1.82) is 0 Å². The molecule has 0 aromatic rings. The molecule has 0 spiro atoms. The number of hydrogen-bond donors (Lipinski definition) is 0. The molecule has 1 nitrogen and oxygen atoms in total. The lowest BCUT2D eigenvalue weighted by Gasteiger charge is -1.93. The van der Waals surface area contributed by atoms with Crippen LogP contribution in [0.1, 0.15) is 48.5 Å². The van der Waals surface area contributed by atoms with Crippen LogP contribution in [0.4, 0.5) is 0 Å². The van der Waals surface area contributed by atoms with Gasteiger partial charge in [-0.2, -0.15) is 0 Å². The average Bonchev–Trinajstić information content (AvgIpc) is 2.20. The first-order valence-corrected chi connectivity index (χ1v) is 5.01. The number of allylic oxidation sites excluding steroid dienone is 2. The number of nitrogens with zero attached hydrogens (tertiary/aromatic N) is 1. The largest absolute Gasteiger partial charge is 0.262 e. The molecule has 0 rings (SSSR count). The first-order chi connectivity index (χ1) is 6.22. The Kier molecular flexibility index (Phi) is 24.0. The van der Waals surface area contributed by atoms with Crippen LogP contribution < -0.4 is 0 Å². The second-order valence-corrected chi connectivity index (χ2v) is 1.98. The van der Waals surface area contributed by atoms with Gasteiger partial charge in [-0.3, -0.25) is 4.99 Å². The summed E-state index contributed by atoms with van der Waals surface area (Å²) in [4.78, 5) is 4.08. The zero-order chi connectivity index (χ0) is 11.3. The number of aliphatic imine (C=N–C) groups is 1. The van der Waals surface area contributed by atoms with Gasteiger partial charge in [0.05, 0.1) is 5.70 Å². The molecule has 78 valence electrons. The Bertz CT molecular complexity index is 149. The van der Waals surface area contributed by atoms with E-state index in [0.29, 0.717) is 0 Å². The normalized spacial score (nSPS) is 7.62. The molecule has 0 aromatic heterocycles. The minimum Gasteiger partial charge on any atom is -0.262 e. The molecule has 0 radical (unpaired) electrons. The van der Waals surface area contributed by atoms with E-state index < -0.39 is 0 Å². The lowest BCUT2D eigenvalue weighted by Crippen LogP contribution is -1.75. The molecule has 0 atom stereocenters. The van der Waals surface area contributed by atoms with Gasteiger partial charge in [0.15, 0.2) is 0 Å². The fraction of sp³-hybridized carbons (Fsp3) is 0.583. The van der Waals surface area contributed by atoms with Gasteiger partial charge in [-0.05, 0) is 26.8 Å². The van der Waals surface area contributed by atoms with Crippen molar-refractivity contribution in [1.82, 2.24) is 0 Å². The monoisotopic (exact) mass is 183 g/mol. The maximum Gasteiger partial charge on any atom is 0.0606 e. The van der Waals surface area contributed by atoms with Gasteiger partial charge < -0.3 is 0 Å². The lowest BCUT2D eigenvalue weighted by atomic mass is 10.2. The Morgan fingerprint density at radius 3 is 1.54 bits per heavy atom. The Balaban J connectivity index is -0.000000218. The van der Waals surface area contributed by atoms with Crippen molar-refractivity contribution in [3.63, 3.8) is 0 Å². The third-order valence-electron chi connectivity index (χ3n) is 0.974. The highest BCUT2D eigenvalue weighted by Gasteiger charge is 1.85. The van der Waals surface area contributed by atoms with E-state index in [1.54, 1.807) is 12.3 Å². The molecule has 0 N–H and O–H groups in total. The Morgan fingerprint density at radius 2 is 1.46 bits per heavy atom. The van der Waals surface area contributed by atoms with E-state index in [0.717, 1.165) is 5.70 Å². The van der Waals surface area contributed by atoms with Crippen LogP contribution in [0, 0.1) is 0 Å². The zero-order valence-electron chi connectivity index (χ0n) is 10.3. The third-order valence-corrected chi connectivity index (χ3v) is 0.974. The Morgan fingerprint density at radius 1 is 1.08 bits per heavy atom. The maximum absolute atomic E-state index is 4.08. The van der Waals surface area contributed by atoms with E-state index in [1.807, 2.05) is 48.5 Å². The van der Waals surface area contributed by atoms with Crippen molar-refractivity contribution < 1.29 is 0 Å². The van der Waals surface area contributed by atoms with Gasteiger partial charge in [0.2, 0.25) is 0 Å². The van der Waals surface area contributed by atoms with Gasteiger partial charge in [0.25, 0.3) is 0 Å². The predicted octanol–water partition coefficient (Wildman–Crippen LogP) is 4.61. The van der Waals surface area contributed by atoms with Crippen molar-refractivity contribution >= 4 is 6.21 Å². The summed E-state index contributed by atoms with van der Waals surface area (Å²) in [6, 6.07) is 0. The fourth-order valence-corrected chi connectivity index (χ4v) is 0.525. The van der Waals surface area contributed by atoms with Crippen LogP contribution in [0.5, 0.6) is 0 Å². The minimum absolute atomic E-state index is 0.970. The highest BCUT2D eigenvalue weighted by molar-refractivity contribution is 5.56. The van der Waals surface area contributed by atoms with Gasteiger partial charge in [0, 0.05) is 6.21 Å². The van der Waals surface area contributed by atoms with Gasteiger partial charge >= 0.3 is 0 Å². The SMILES string of the molecule is C=CC(N=CC)=C(C)C.CC.CC. The molecule has 0 saturated heterocycles. The van der Waals surface area contributed by atoms with Crippen LogP contribution in [0.25, 0.3) is 0 Å². The van der Waals surface area contributed by atoms with Crippen molar-refractivity contribution in [2.24, 2.45) is 4.99 Å². The first kappa shape index (κ1) is 18.0. The summed E-state index contributed by atoms with van der Waals surface area (Å²) in [5.74, 6) is 0. The first-order valence-electron chi connectivity index (χ1n) is 5.01. The summed E-state index contributed by atoms with van der Waals surface area (Å²) < 4.78 is 0. The van der Waals surface area contributed by atoms with Crippen LogP contribution in [0.3, 0.4) is 0 Å². The van der Waals surface area contributed by atoms with Crippen molar-refractivity contribution in [3.8, 4) is 0 Å².